The number of amides is 2. The van der Waals surface area contributed by atoms with E-state index in [0.717, 1.165) is 12.0 Å². The average Bonchev–Trinajstić information content (AvgIpc) is 2.88. The van der Waals surface area contributed by atoms with Gasteiger partial charge in [-0.3, -0.25) is 9.69 Å². The van der Waals surface area contributed by atoms with E-state index in [-0.39, 0.29) is 11.8 Å². The van der Waals surface area contributed by atoms with Gasteiger partial charge in [-0.05, 0) is 35.3 Å². The van der Waals surface area contributed by atoms with Crippen molar-refractivity contribution >= 4 is 23.2 Å². The van der Waals surface area contributed by atoms with E-state index in [4.69, 9.17) is 5.11 Å². The molecule has 162 valence electrons. The summed E-state index contributed by atoms with van der Waals surface area (Å²) in [5.41, 5.74) is 3.76. The number of pyridine rings is 1. The van der Waals surface area contributed by atoms with Crippen LogP contribution in [0.25, 0.3) is 5.57 Å². The lowest BCUT2D eigenvalue weighted by Crippen LogP contribution is -2.45. The largest absolute Gasteiger partial charge is 0.388 e. The van der Waals surface area contributed by atoms with E-state index in [9.17, 15) is 9.59 Å². The summed E-state index contributed by atoms with van der Waals surface area (Å²) in [4.78, 5) is 33.0. The Labute approximate surface area is 187 Å². The van der Waals surface area contributed by atoms with Gasteiger partial charge >= 0.3 is 6.03 Å². The summed E-state index contributed by atoms with van der Waals surface area (Å²) >= 11 is 0. The first-order valence-corrected chi connectivity index (χ1v) is 10.6. The Hall–Kier alpha value is -3.77. The van der Waals surface area contributed by atoms with Crippen molar-refractivity contribution < 1.29 is 14.7 Å². The summed E-state index contributed by atoms with van der Waals surface area (Å²) in [5.74, 6) is 0.245. The van der Waals surface area contributed by atoms with Crippen LogP contribution in [0.4, 0.5) is 10.6 Å². The molecule has 0 bridgehead atoms. The Bertz CT molecular complexity index is 1100. The van der Waals surface area contributed by atoms with Crippen molar-refractivity contribution in [1.82, 2.24) is 9.88 Å². The zero-order chi connectivity index (χ0) is 22.3. The minimum Gasteiger partial charge on any atom is -0.388 e. The molecule has 6 heteroatoms. The number of hydrogen-bond acceptors (Lipinski definition) is 4. The maximum Gasteiger partial charge on any atom is 0.326 e. The molecule has 6 nitrogen and oxygen atoms in total. The summed E-state index contributed by atoms with van der Waals surface area (Å²) in [6.45, 7) is 0.976. The number of carbonyl (C=O) groups excluding carboxylic acids is 2. The number of urea groups is 1. The van der Waals surface area contributed by atoms with Crippen molar-refractivity contribution in [2.45, 2.75) is 13.0 Å². The van der Waals surface area contributed by atoms with E-state index in [1.807, 2.05) is 41.3 Å². The first kappa shape index (κ1) is 21.5. The van der Waals surface area contributed by atoms with Gasteiger partial charge in [0.05, 0.1) is 6.54 Å². The Morgan fingerprint density at radius 3 is 2.34 bits per heavy atom. The second kappa shape index (κ2) is 10.0. The summed E-state index contributed by atoms with van der Waals surface area (Å²) < 4.78 is 0. The van der Waals surface area contributed by atoms with Crippen LogP contribution in [0.15, 0.2) is 85.1 Å². The van der Waals surface area contributed by atoms with Crippen LogP contribution in [-0.2, 0) is 6.54 Å². The molecule has 0 spiro atoms. The van der Waals surface area contributed by atoms with Gasteiger partial charge in [0.15, 0.2) is 5.78 Å². The number of aliphatic hydroxyl groups is 1. The summed E-state index contributed by atoms with van der Waals surface area (Å²) in [6.07, 6.45) is 4.58. The third-order valence-corrected chi connectivity index (χ3v) is 5.54. The van der Waals surface area contributed by atoms with Crippen molar-refractivity contribution in [3.8, 4) is 0 Å². The minimum absolute atomic E-state index is 0.109. The molecule has 32 heavy (non-hydrogen) atoms. The number of anilines is 1. The fourth-order valence-corrected chi connectivity index (χ4v) is 3.76. The second-order valence-corrected chi connectivity index (χ2v) is 7.63. The lowest BCUT2D eigenvalue weighted by molar-refractivity contribution is 0.0903. The number of Topliss-reactive ketones (excluding diaryl/α,β-unsaturated/α-hetero) is 1. The van der Waals surface area contributed by atoms with Gasteiger partial charge in [0.25, 0.3) is 0 Å². The van der Waals surface area contributed by atoms with Gasteiger partial charge in [-0.25, -0.2) is 9.78 Å². The van der Waals surface area contributed by atoms with Gasteiger partial charge in [0.2, 0.25) is 0 Å². The smallest absolute Gasteiger partial charge is 0.326 e. The van der Waals surface area contributed by atoms with Gasteiger partial charge in [0, 0.05) is 24.8 Å². The molecule has 1 aliphatic heterocycles. The van der Waals surface area contributed by atoms with Crippen LogP contribution in [0, 0.1) is 0 Å². The highest BCUT2D eigenvalue weighted by Gasteiger charge is 2.25. The van der Waals surface area contributed by atoms with Gasteiger partial charge < -0.3 is 10.0 Å². The topological polar surface area (TPSA) is 73.7 Å². The first-order chi connectivity index (χ1) is 15.7. The van der Waals surface area contributed by atoms with Gasteiger partial charge in [-0.15, -0.1) is 0 Å². The number of ketones is 1. The fourth-order valence-electron chi connectivity index (χ4n) is 3.76. The predicted octanol–water partition coefficient (Wildman–Crippen LogP) is 4.17. The number of aliphatic hydroxyl groups excluding tert-OH is 1. The third kappa shape index (κ3) is 4.92. The van der Waals surface area contributed by atoms with Crippen LogP contribution in [0.3, 0.4) is 0 Å². The fraction of sp³-hybridized carbons (Fsp3) is 0.192. The van der Waals surface area contributed by atoms with Crippen LogP contribution < -0.4 is 4.90 Å². The van der Waals surface area contributed by atoms with E-state index >= 15 is 0 Å². The second-order valence-electron chi connectivity index (χ2n) is 7.63. The number of aromatic nitrogens is 1. The van der Waals surface area contributed by atoms with Crippen molar-refractivity contribution in [3.05, 3.63) is 102 Å². The Morgan fingerprint density at radius 2 is 1.72 bits per heavy atom. The average molecular weight is 428 g/mol. The molecule has 1 N–H and O–H groups in total. The van der Waals surface area contributed by atoms with Gasteiger partial charge in [0.1, 0.15) is 12.4 Å². The molecule has 1 aliphatic rings. The van der Waals surface area contributed by atoms with Gasteiger partial charge in [-0.1, -0.05) is 66.7 Å². The number of rotatable bonds is 6. The molecule has 0 saturated heterocycles. The van der Waals surface area contributed by atoms with Crippen LogP contribution in [0.5, 0.6) is 0 Å². The van der Waals surface area contributed by atoms with Crippen molar-refractivity contribution in [1.29, 1.82) is 0 Å². The Kier molecular flexibility index (Phi) is 6.72. The zero-order valence-corrected chi connectivity index (χ0v) is 17.7. The standard InChI is InChI=1S/C26H25N3O3/c30-19-24(31)23-11-9-20(10-12-23)18-29(25-8-4-5-15-27-25)26(32)28-16-13-22(14-17-28)21-6-2-1-3-7-21/h1-13,15,30H,14,16-19H2. The molecule has 0 atom stereocenters. The first-order valence-electron chi connectivity index (χ1n) is 10.6. The molecule has 2 heterocycles. The van der Waals surface area contributed by atoms with E-state index in [1.165, 1.54) is 11.1 Å². The Balaban J connectivity index is 1.53. The van der Waals surface area contributed by atoms with Crippen molar-refractivity contribution in [2.75, 3.05) is 24.6 Å². The molecule has 2 aromatic carbocycles. The van der Waals surface area contributed by atoms with E-state index in [0.29, 0.717) is 31.0 Å². The van der Waals surface area contributed by atoms with Gasteiger partial charge in [-0.2, -0.15) is 0 Å². The SMILES string of the molecule is O=C(CO)c1ccc(CN(C(=O)N2CC=C(c3ccccc3)CC2)c2ccccn2)cc1. The maximum atomic E-state index is 13.5. The molecular formula is C26H25N3O3. The lowest BCUT2D eigenvalue weighted by Gasteiger charge is -2.32. The van der Waals surface area contributed by atoms with Crippen LogP contribution >= 0.6 is 0 Å². The lowest BCUT2D eigenvalue weighted by atomic mass is 10.00. The molecular weight excluding hydrogens is 402 g/mol. The predicted molar refractivity (Wildman–Crippen MR) is 124 cm³/mol. The van der Waals surface area contributed by atoms with Crippen molar-refractivity contribution in [3.63, 3.8) is 0 Å². The molecule has 0 unspecified atom stereocenters. The van der Waals surface area contributed by atoms with Crippen LogP contribution in [0.1, 0.15) is 27.9 Å². The normalized spacial score (nSPS) is 13.4. The molecule has 0 saturated carbocycles. The number of nitrogens with zero attached hydrogens (tertiary/aromatic N) is 3. The summed E-state index contributed by atoms with van der Waals surface area (Å²) in [7, 11) is 0. The Morgan fingerprint density at radius 1 is 0.969 bits per heavy atom. The van der Waals surface area contributed by atoms with Crippen molar-refractivity contribution in [2.24, 2.45) is 0 Å². The molecule has 1 aromatic heterocycles. The number of benzene rings is 2. The van der Waals surface area contributed by atoms with E-state index < -0.39 is 6.61 Å². The molecule has 3 aromatic rings. The zero-order valence-electron chi connectivity index (χ0n) is 17.7. The maximum absolute atomic E-state index is 13.5. The molecule has 0 aliphatic carbocycles. The highest BCUT2D eigenvalue weighted by molar-refractivity contribution is 5.97. The monoisotopic (exact) mass is 427 g/mol. The quantitative estimate of drug-likeness (QED) is 0.599. The number of carbonyl (C=O) groups is 2. The summed E-state index contributed by atoms with van der Waals surface area (Å²) in [5, 5.41) is 9.04. The van der Waals surface area contributed by atoms with E-state index in [1.54, 1.807) is 35.4 Å². The third-order valence-electron chi connectivity index (χ3n) is 5.54. The van der Waals surface area contributed by atoms with Crippen LogP contribution in [-0.4, -0.2) is 46.5 Å². The minimum atomic E-state index is -0.522. The summed E-state index contributed by atoms with van der Waals surface area (Å²) in [6, 6.07) is 22.6. The highest BCUT2D eigenvalue weighted by atomic mass is 16.3. The molecule has 4 rings (SSSR count). The molecule has 0 radical (unpaired) electrons. The molecule has 2 amide bonds. The number of hydrogen-bond donors (Lipinski definition) is 1. The van der Waals surface area contributed by atoms with Crippen LogP contribution in [0.2, 0.25) is 0 Å². The molecule has 0 fully saturated rings. The highest BCUT2D eigenvalue weighted by Crippen LogP contribution is 2.24. The van der Waals surface area contributed by atoms with E-state index in [2.05, 4.69) is 23.2 Å².